The SMILES string of the molecule is CC(NC(=O)/C=C\C(=O)O)C(C)(c1ccccc1)c1ccc(Cl)cc1. The molecule has 0 aliphatic carbocycles. The van der Waals surface area contributed by atoms with Crippen LogP contribution in [0.1, 0.15) is 25.0 Å². The molecule has 2 rings (SSSR count). The maximum absolute atomic E-state index is 12.0. The van der Waals surface area contributed by atoms with E-state index in [0.29, 0.717) is 5.02 Å². The summed E-state index contributed by atoms with van der Waals surface area (Å²) in [5.74, 6) is -1.61. The highest BCUT2D eigenvalue weighted by atomic mass is 35.5. The fraction of sp³-hybridized carbons (Fsp3) is 0.200. The van der Waals surface area contributed by atoms with Crippen molar-refractivity contribution in [3.8, 4) is 0 Å². The van der Waals surface area contributed by atoms with E-state index in [1.807, 2.05) is 68.4 Å². The van der Waals surface area contributed by atoms with Crippen molar-refractivity contribution >= 4 is 23.5 Å². The van der Waals surface area contributed by atoms with Crippen LogP contribution in [0.2, 0.25) is 5.02 Å². The average molecular weight is 358 g/mol. The van der Waals surface area contributed by atoms with Crippen LogP contribution in [-0.4, -0.2) is 23.0 Å². The molecule has 0 fully saturated rings. The summed E-state index contributed by atoms with van der Waals surface area (Å²) in [4.78, 5) is 22.6. The van der Waals surface area contributed by atoms with E-state index in [0.717, 1.165) is 23.3 Å². The molecule has 0 aliphatic heterocycles. The lowest BCUT2D eigenvalue weighted by Gasteiger charge is -2.37. The summed E-state index contributed by atoms with van der Waals surface area (Å²) in [5.41, 5.74) is 1.52. The number of amides is 1. The molecule has 0 saturated heterocycles. The lowest BCUT2D eigenvalue weighted by molar-refractivity contribution is -0.131. The molecule has 0 radical (unpaired) electrons. The van der Waals surface area contributed by atoms with Crippen LogP contribution < -0.4 is 5.32 Å². The number of carbonyl (C=O) groups excluding carboxylic acids is 1. The molecule has 2 aromatic carbocycles. The van der Waals surface area contributed by atoms with Crippen LogP contribution in [0.15, 0.2) is 66.7 Å². The molecule has 0 spiro atoms. The minimum absolute atomic E-state index is 0.290. The molecule has 1 amide bonds. The summed E-state index contributed by atoms with van der Waals surface area (Å²) in [7, 11) is 0. The molecular formula is C20H20ClNO3. The molecule has 0 bridgehead atoms. The number of benzene rings is 2. The summed E-state index contributed by atoms with van der Waals surface area (Å²) in [6.45, 7) is 3.94. The zero-order chi connectivity index (χ0) is 18.4. The van der Waals surface area contributed by atoms with Crippen molar-refractivity contribution < 1.29 is 14.7 Å². The van der Waals surface area contributed by atoms with E-state index in [2.05, 4.69) is 5.32 Å². The maximum Gasteiger partial charge on any atom is 0.328 e. The summed E-state index contributed by atoms with van der Waals surface area (Å²) < 4.78 is 0. The molecule has 2 N–H and O–H groups in total. The van der Waals surface area contributed by atoms with E-state index in [1.165, 1.54) is 0 Å². The van der Waals surface area contributed by atoms with Gasteiger partial charge in [0.1, 0.15) is 0 Å². The monoisotopic (exact) mass is 357 g/mol. The fourth-order valence-corrected chi connectivity index (χ4v) is 2.93. The van der Waals surface area contributed by atoms with E-state index >= 15 is 0 Å². The largest absolute Gasteiger partial charge is 0.478 e. The van der Waals surface area contributed by atoms with E-state index in [1.54, 1.807) is 0 Å². The summed E-state index contributed by atoms with van der Waals surface area (Å²) in [5, 5.41) is 12.2. The number of carboxylic acid groups (broad SMARTS) is 1. The smallest absolute Gasteiger partial charge is 0.328 e. The minimum atomic E-state index is -1.16. The zero-order valence-corrected chi connectivity index (χ0v) is 14.8. The molecular weight excluding hydrogens is 338 g/mol. The predicted molar refractivity (Wildman–Crippen MR) is 98.7 cm³/mol. The van der Waals surface area contributed by atoms with Gasteiger partial charge in [-0.15, -0.1) is 0 Å². The van der Waals surface area contributed by atoms with Crippen molar-refractivity contribution in [1.82, 2.24) is 5.32 Å². The molecule has 25 heavy (non-hydrogen) atoms. The number of rotatable bonds is 6. The van der Waals surface area contributed by atoms with Crippen LogP contribution in [0, 0.1) is 0 Å². The Labute approximate surface area is 152 Å². The van der Waals surface area contributed by atoms with E-state index in [9.17, 15) is 9.59 Å². The second kappa shape index (κ2) is 7.99. The fourth-order valence-electron chi connectivity index (χ4n) is 2.80. The minimum Gasteiger partial charge on any atom is -0.478 e. The van der Waals surface area contributed by atoms with Gasteiger partial charge in [0.15, 0.2) is 0 Å². The van der Waals surface area contributed by atoms with Crippen LogP contribution in [0.25, 0.3) is 0 Å². The van der Waals surface area contributed by atoms with E-state index in [-0.39, 0.29) is 6.04 Å². The Morgan fingerprint density at radius 3 is 2.16 bits per heavy atom. The molecule has 2 unspecified atom stereocenters. The van der Waals surface area contributed by atoms with Crippen molar-refractivity contribution in [1.29, 1.82) is 0 Å². The highest BCUT2D eigenvalue weighted by molar-refractivity contribution is 6.30. The topological polar surface area (TPSA) is 66.4 Å². The quantitative estimate of drug-likeness (QED) is 0.773. The Balaban J connectivity index is 2.39. The Morgan fingerprint density at radius 2 is 1.60 bits per heavy atom. The number of aliphatic carboxylic acids is 1. The first-order valence-corrected chi connectivity index (χ1v) is 8.25. The lowest BCUT2D eigenvalue weighted by Crippen LogP contribution is -2.47. The van der Waals surface area contributed by atoms with Gasteiger partial charge < -0.3 is 10.4 Å². The third kappa shape index (κ3) is 4.48. The first-order chi connectivity index (χ1) is 11.8. The van der Waals surface area contributed by atoms with Crippen molar-refractivity contribution in [3.63, 3.8) is 0 Å². The van der Waals surface area contributed by atoms with Gasteiger partial charge in [-0.3, -0.25) is 4.79 Å². The highest BCUT2D eigenvalue weighted by Gasteiger charge is 2.35. The highest BCUT2D eigenvalue weighted by Crippen LogP contribution is 2.35. The summed E-state index contributed by atoms with van der Waals surface area (Å²) in [6.07, 6.45) is 1.84. The molecule has 0 saturated carbocycles. The van der Waals surface area contributed by atoms with E-state index < -0.39 is 17.3 Å². The number of carbonyl (C=O) groups is 2. The zero-order valence-electron chi connectivity index (χ0n) is 14.1. The number of hydrogen-bond acceptors (Lipinski definition) is 2. The van der Waals surface area contributed by atoms with Crippen molar-refractivity contribution in [2.45, 2.75) is 25.3 Å². The predicted octanol–water partition coefficient (Wildman–Crippen LogP) is 3.79. The average Bonchev–Trinajstić information content (AvgIpc) is 2.60. The van der Waals surface area contributed by atoms with Gasteiger partial charge in [-0.2, -0.15) is 0 Å². The van der Waals surface area contributed by atoms with Crippen LogP contribution >= 0.6 is 11.6 Å². The van der Waals surface area contributed by atoms with Gasteiger partial charge in [0, 0.05) is 28.6 Å². The van der Waals surface area contributed by atoms with E-state index in [4.69, 9.17) is 16.7 Å². The van der Waals surface area contributed by atoms with Crippen LogP contribution in [0.4, 0.5) is 0 Å². The Hall–Kier alpha value is -2.59. The first-order valence-electron chi connectivity index (χ1n) is 7.87. The normalized spacial score (nSPS) is 14.7. The van der Waals surface area contributed by atoms with Gasteiger partial charge >= 0.3 is 5.97 Å². The van der Waals surface area contributed by atoms with Crippen molar-refractivity contribution in [2.75, 3.05) is 0 Å². The molecule has 0 aromatic heterocycles. The number of halogens is 1. The van der Waals surface area contributed by atoms with Gasteiger partial charge in [0.25, 0.3) is 0 Å². The molecule has 5 heteroatoms. The third-order valence-corrected chi connectivity index (χ3v) is 4.67. The molecule has 130 valence electrons. The Kier molecular flexibility index (Phi) is 5.99. The standard InChI is InChI=1S/C20H20ClNO3/c1-14(22-18(23)12-13-19(24)25)20(2,15-6-4-3-5-7-15)16-8-10-17(21)11-9-16/h3-14H,1-2H3,(H,22,23)(H,24,25)/b13-12-. The number of nitrogens with one attached hydrogen (secondary N) is 1. The van der Waals surface area contributed by atoms with Gasteiger partial charge in [0.2, 0.25) is 5.91 Å². The molecule has 4 nitrogen and oxygen atoms in total. The van der Waals surface area contributed by atoms with Crippen LogP contribution in [-0.2, 0) is 15.0 Å². The third-order valence-electron chi connectivity index (χ3n) is 4.42. The first kappa shape index (κ1) is 18.7. The summed E-state index contributed by atoms with van der Waals surface area (Å²) >= 11 is 6.01. The Bertz CT molecular complexity index is 771. The second-order valence-electron chi connectivity index (χ2n) is 5.98. The lowest BCUT2D eigenvalue weighted by atomic mass is 9.71. The molecule has 0 aliphatic rings. The molecule has 0 heterocycles. The van der Waals surface area contributed by atoms with Crippen LogP contribution in [0.5, 0.6) is 0 Å². The Morgan fingerprint density at radius 1 is 1.04 bits per heavy atom. The number of carboxylic acids is 1. The van der Waals surface area contributed by atoms with Gasteiger partial charge in [-0.05, 0) is 37.1 Å². The van der Waals surface area contributed by atoms with Gasteiger partial charge in [-0.25, -0.2) is 4.79 Å². The molecule has 2 aromatic rings. The van der Waals surface area contributed by atoms with Gasteiger partial charge in [0.05, 0.1) is 0 Å². The van der Waals surface area contributed by atoms with Crippen LogP contribution in [0.3, 0.4) is 0 Å². The maximum atomic E-state index is 12.0. The number of hydrogen-bond donors (Lipinski definition) is 2. The summed E-state index contributed by atoms with van der Waals surface area (Å²) in [6, 6.07) is 17.1. The van der Waals surface area contributed by atoms with Crippen molar-refractivity contribution in [2.24, 2.45) is 0 Å². The van der Waals surface area contributed by atoms with Gasteiger partial charge in [-0.1, -0.05) is 54.1 Å². The van der Waals surface area contributed by atoms with Crippen molar-refractivity contribution in [3.05, 3.63) is 82.9 Å². The second-order valence-corrected chi connectivity index (χ2v) is 6.41. The molecule has 2 atom stereocenters.